The minimum Gasteiger partial charge on any atom is -0.389 e. The number of hydrogen-bond acceptors (Lipinski definition) is 7. The summed E-state index contributed by atoms with van der Waals surface area (Å²) in [6, 6.07) is 3.75. The van der Waals surface area contributed by atoms with Crippen LogP contribution in [-0.2, 0) is 4.74 Å². The van der Waals surface area contributed by atoms with Gasteiger partial charge in [-0.25, -0.2) is 9.50 Å². The van der Waals surface area contributed by atoms with Crippen LogP contribution in [0.3, 0.4) is 0 Å². The van der Waals surface area contributed by atoms with E-state index in [-0.39, 0.29) is 6.04 Å². The molecule has 2 atom stereocenters. The van der Waals surface area contributed by atoms with Gasteiger partial charge in [-0.2, -0.15) is 0 Å². The minimum atomic E-state index is -0.563. The highest BCUT2D eigenvalue weighted by Crippen LogP contribution is 2.20. The van der Waals surface area contributed by atoms with Gasteiger partial charge in [-0.3, -0.25) is 9.97 Å². The second-order valence-corrected chi connectivity index (χ2v) is 5.41. The van der Waals surface area contributed by atoms with E-state index in [2.05, 4.69) is 25.4 Å². The Hall–Kier alpha value is -2.58. The van der Waals surface area contributed by atoms with Crippen LogP contribution in [0.15, 0.2) is 36.9 Å². The van der Waals surface area contributed by atoms with E-state index < -0.39 is 6.10 Å². The third-order valence-electron chi connectivity index (χ3n) is 3.86. The summed E-state index contributed by atoms with van der Waals surface area (Å²) < 4.78 is 7.00. The van der Waals surface area contributed by atoms with Crippen molar-refractivity contribution >= 4 is 11.5 Å². The molecule has 1 fully saturated rings. The summed E-state index contributed by atoms with van der Waals surface area (Å²) >= 11 is 0. The normalized spacial score (nSPS) is 21.4. The molecule has 118 valence electrons. The van der Waals surface area contributed by atoms with E-state index in [0.29, 0.717) is 25.6 Å². The Balaban J connectivity index is 1.67. The number of rotatable bonds is 3. The molecule has 0 amide bonds. The van der Waals surface area contributed by atoms with Crippen molar-refractivity contribution in [2.75, 3.05) is 18.5 Å². The first-order valence-electron chi connectivity index (χ1n) is 7.45. The molecule has 0 aliphatic carbocycles. The van der Waals surface area contributed by atoms with Crippen molar-refractivity contribution in [3.05, 3.63) is 36.9 Å². The summed E-state index contributed by atoms with van der Waals surface area (Å²) in [6.07, 6.45) is 6.86. The number of nitrogens with zero attached hydrogens (tertiary/aromatic N) is 5. The first-order chi connectivity index (χ1) is 11.3. The summed E-state index contributed by atoms with van der Waals surface area (Å²) in [5.74, 6) is 0.463. The fourth-order valence-electron chi connectivity index (χ4n) is 2.65. The van der Waals surface area contributed by atoms with Crippen molar-refractivity contribution in [1.82, 2.24) is 24.6 Å². The standard InChI is InChI=1S/C15H16N6O2/c22-14-9-23-6-3-11(14)19-15-18-7-10-1-2-13(21(10)20-15)12-8-16-4-5-17-12/h1-2,4-5,7-8,11,14,22H,3,6,9H2,(H,19,20)/t11-,14-/m1/s1. The molecule has 8 nitrogen and oxygen atoms in total. The number of nitrogens with one attached hydrogen (secondary N) is 1. The molecule has 3 aromatic rings. The summed E-state index contributed by atoms with van der Waals surface area (Å²) in [4.78, 5) is 12.7. The molecule has 1 aliphatic heterocycles. The summed E-state index contributed by atoms with van der Waals surface area (Å²) in [7, 11) is 0. The van der Waals surface area contributed by atoms with Crippen LogP contribution in [-0.4, -0.2) is 55.0 Å². The van der Waals surface area contributed by atoms with Gasteiger partial charge in [0, 0.05) is 19.0 Å². The molecule has 23 heavy (non-hydrogen) atoms. The highest BCUT2D eigenvalue weighted by atomic mass is 16.5. The molecule has 0 saturated carbocycles. The smallest absolute Gasteiger partial charge is 0.241 e. The van der Waals surface area contributed by atoms with Crippen LogP contribution in [0.4, 0.5) is 5.95 Å². The SMILES string of the molecule is O[C@@H]1COCC[C@H]1Nc1ncc2ccc(-c3cnccn3)n2n1. The number of aliphatic hydroxyl groups is 1. The molecule has 8 heteroatoms. The van der Waals surface area contributed by atoms with Crippen LogP contribution >= 0.6 is 0 Å². The molecule has 4 heterocycles. The van der Waals surface area contributed by atoms with Crippen molar-refractivity contribution in [2.24, 2.45) is 0 Å². The van der Waals surface area contributed by atoms with Crippen molar-refractivity contribution in [3.63, 3.8) is 0 Å². The lowest BCUT2D eigenvalue weighted by Crippen LogP contribution is -2.42. The third kappa shape index (κ3) is 2.73. The first kappa shape index (κ1) is 14.0. The molecule has 3 aromatic heterocycles. The van der Waals surface area contributed by atoms with Gasteiger partial charge >= 0.3 is 0 Å². The molecular weight excluding hydrogens is 296 g/mol. The van der Waals surface area contributed by atoms with E-state index in [1.165, 1.54) is 0 Å². The Morgan fingerprint density at radius 2 is 2.17 bits per heavy atom. The van der Waals surface area contributed by atoms with Gasteiger partial charge < -0.3 is 15.2 Å². The van der Waals surface area contributed by atoms with Gasteiger partial charge in [-0.05, 0) is 18.6 Å². The molecule has 2 N–H and O–H groups in total. The number of ether oxygens (including phenoxy) is 1. The lowest BCUT2D eigenvalue weighted by molar-refractivity contribution is -0.0136. The predicted molar refractivity (Wildman–Crippen MR) is 82.9 cm³/mol. The van der Waals surface area contributed by atoms with Gasteiger partial charge in [0.15, 0.2) is 0 Å². The van der Waals surface area contributed by atoms with E-state index in [0.717, 1.165) is 16.9 Å². The van der Waals surface area contributed by atoms with Crippen LogP contribution in [0.25, 0.3) is 16.9 Å². The van der Waals surface area contributed by atoms with Crippen LogP contribution in [0.1, 0.15) is 6.42 Å². The summed E-state index contributed by atoms with van der Waals surface area (Å²) in [5.41, 5.74) is 2.44. The molecular formula is C15H16N6O2. The Morgan fingerprint density at radius 3 is 3.00 bits per heavy atom. The van der Waals surface area contributed by atoms with Crippen LogP contribution in [0.5, 0.6) is 0 Å². The van der Waals surface area contributed by atoms with Gasteiger partial charge in [0.05, 0.1) is 42.4 Å². The van der Waals surface area contributed by atoms with Crippen molar-refractivity contribution < 1.29 is 9.84 Å². The zero-order valence-electron chi connectivity index (χ0n) is 12.3. The van der Waals surface area contributed by atoms with E-state index in [1.807, 2.05) is 12.1 Å². The van der Waals surface area contributed by atoms with E-state index in [1.54, 1.807) is 29.3 Å². The number of hydrogen-bond donors (Lipinski definition) is 2. The number of aromatic nitrogens is 5. The van der Waals surface area contributed by atoms with Gasteiger partial charge in [-0.1, -0.05) is 0 Å². The quantitative estimate of drug-likeness (QED) is 0.736. The van der Waals surface area contributed by atoms with E-state index in [9.17, 15) is 5.11 Å². The maximum absolute atomic E-state index is 9.97. The minimum absolute atomic E-state index is 0.114. The number of aliphatic hydroxyl groups excluding tert-OH is 1. The topological polar surface area (TPSA) is 97.5 Å². The predicted octanol–water partition coefficient (Wildman–Crippen LogP) is 0.748. The number of fused-ring (bicyclic) bond motifs is 1. The molecule has 0 spiro atoms. The van der Waals surface area contributed by atoms with Crippen molar-refractivity contribution in [1.29, 1.82) is 0 Å². The fourth-order valence-corrected chi connectivity index (χ4v) is 2.65. The molecule has 0 aromatic carbocycles. The van der Waals surface area contributed by atoms with Crippen LogP contribution in [0.2, 0.25) is 0 Å². The second-order valence-electron chi connectivity index (χ2n) is 5.41. The monoisotopic (exact) mass is 312 g/mol. The summed E-state index contributed by atoms with van der Waals surface area (Å²) in [6.45, 7) is 0.944. The zero-order valence-corrected chi connectivity index (χ0v) is 12.3. The average Bonchev–Trinajstić information content (AvgIpc) is 3.01. The van der Waals surface area contributed by atoms with E-state index in [4.69, 9.17) is 4.74 Å². The van der Waals surface area contributed by atoms with Gasteiger partial charge in [-0.15, -0.1) is 5.10 Å². The lowest BCUT2D eigenvalue weighted by atomic mass is 10.1. The third-order valence-corrected chi connectivity index (χ3v) is 3.86. The highest BCUT2D eigenvalue weighted by molar-refractivity contribution is 5.62. The maximum Gasteiger partial charge on any atom is 0.241 e. The van der Waals surface area contributed by atoms with Crippen LogP contribution in [0, 0.1) is 0 Å². The largest absolute Gasteiger partial charge is 0.389 e. The molecule has 0 radical (unpaired) electrons. The van der Waals surface area contributed by atoms with Gasteiger partial charge in [0.2, 0.25) is 5.95 Å². The van der Waals surface area contributed by atoms with Gasteiger partial charge in [0.1, 0.15) is 5.69 Å². The first-order valence-corrected chi connectivity index (χ1v) is 7.45. The van der Waals surface area contributed by atoms with Crippen molar-refractivity contribution in [3.8, 4) is 11.4 Å². The highest BCUT2D eigenvalue weighted by Gasteiger charge is 2.24. The number of anilines is 1. The Labute approximate surface area is 132 Å². The second kappa shape index (κ2) is 5.90. The van der Waals surface area contributed by atoms with E-state index >= 15 is 0 Å². The Kier molecular flexibility index (Phi) is 3.60. The zero-order chi connectivity index (χ0) is 15.6. The van der Waals surface area contributed by atoms with Gasteiger partial charge in [0.25, 0.3) is 0 Å². The Morgan fingerprint density at radius 1 is 1.22 bits per heavy atom. The maximum atomic E-state index is 9.97. The molecule has 0 unspecified atom stereocenters. The molecule has 1 saturated heterocycles. The summed E-state index contributed by atoms with van der Waals surface area (Å²) in [5, 5.41) is 17.7. The average molecular weight is 312 g/mol. The molecule has 4 rings (SSSR count). The van der Waals surface area contributed by atoms with Crippen molar-refractivity contribution in [2.45, 2.75) is 18.6 Å². The molecule has 1 aliphatic rings. The fraction of sp³-hybridized carbons (Fsp3) is 0.333. The van der Waals surface area contributed by atoms with Crippen LogP contribution < -0.4 is 5.32 Å². The lowest BCUT2D eigenvalue weighted by Gasteiger charge is -2.28. The molecule has 0 bridgehead atoms. The Bertz CT molecular complexity index is 806.